The van der Waals surface area contributed by atoms with Gasteiger partial charge < -0.3 is 14.8 Å². The summed E-state index contributed by atoms with van der Waals surface area (Å²) >= 11 is 2.45. The molecule has 10 nitrogen and oxygen atoms in total. The zero-order valence-corrected chi connectivity index (χ0v) is 23.9. The van der Waals surface area contributed by atoms with Crippen LogP contribution < -0.4 is 20.4 Å². The molecule has 0 saturated carbocycles. The summed E-state index contributed by atoms with van der Waals surface area (Å²) in [6.07, 6.45) is 0.676. The first-order chi connectivity index (χ1) is 19.4. The van der Waals surface area contributed by atoms with Crippen LogP contribution in [0.4, 0.5) is 5.00 Å². The standard InChI is InChI=1S/C28H28N4O6S2/c1-17(39-26-28(35)38-30-32(26)19-9-11-20(36-2)12-10-19)24(33)29-25-23(27(34)37-3)21-13-14-31(16-22(21)40-25)15-18-7-5-4-6-8-18/h4-12,17H,13-16H2,1-3H3,(H-,29,30,33,34,35)/p+1. The summed E-state index contributed by atoms with van der Waals surface area (Å²) in [4.78, 5) is 41.9. The average molecular weight is 582 g/mol. The van der Waals surface area contributed by atoms with Crippen molar-refractivity contribution in [3.63, 3.8) is 0 Å². The number of carbonyl (C=O) groups excluding carboxylic acids is 2. The summed E-state index contributed by atoms with van der Waals surface area (Å²) in [7, 11) is 2.91. The van der Waals surface area contributed by atoms with Gasteiger partial charge in [0.1, 0.15) is 10.8 Å². The van der Waals surface area contributed by atoms with E-state index in [1.165, 1.54) is 28.7 Å². The van der Waals surface area contributed by atoms with Gasteiger partial charge in [-0.05, 0) is 58.3 Å². The molecule has 5 rings (SSSR count). The zero-order chi connectivity index (χ0) is 28.2. The molecule has 12 heteroatoms. The Balaban J connectivity index is 1.33. The summed E-state index contributed by atoms with van der Waals surface area (Å²) in [5.74, 6) is -0.162. The van der Waals surface area contributed by atoms with Crippen molar-refractivity contribution in [2.24, 2.45) is 0 Å². The van der Waals surface area contributed by atoms with Crippen LogP contribution in [0.15, 0.2) is 68.9 Å². The van der Waals surface area contributed by atoms with Gasteiger partial charge in [-0.3, -0.25) is 14.2 Å². The number of rotatable bonds is 9. The number of nitrogens with zero attached hydrogens (tertiary/aromatic N) is 2. The van der Waals surface area contributed by atoms with Gasteiger partial charge in [0.25, 0.3) is 0 Å². The van der Waals surface area contributed by atoms with E-state index in [0.29, 0.717) is 35.0 Å². The van der Waals surface area contributed by atoms with Crippen LogP contribution in [0, 0.1) is 0 Å². The van der Waals surface area contributed by atoms with Crippen molar-refractivity contribution in [3.8, 4) is 11.4 Å². The largest absolute Gasteiger partial charge is 0.497 e. The van der Waals surface area contributed by atoms with Crippen LogP contribution in [0.3, 0.4) is 0 Å². The molecule has 1 amide bonds. The maximum Gasteiger partial charge on any atom is 0.442 e. The molecule has 208 valence electrons. The van der Waals surface area contributed by atoms with Crippen LogP contribution in [0.1, 0.15) is 33.3 Å². The van der Waals surface area contributed by atoms with E-state index in [2.05, 4.69) is 27.6 Å². The fourth-order valence-corrected chi connectivity index (χ4v) is 6.71. The smallest absolute Gasteiger partial charge is 0.442 e. The SMILES string of the molecule is COC(=O)c1c(NC(=O)C(C)Sc2c(=O)o[nH][n+]2-c2ccc(OC)cc2)sc2c1CCN(Cc1ccccc1)C2. The van der Waals surface area contributed by atoms with E-state index in [0.717, 1.165) is 35.3 Å². The van der Waals surface area contributed by atoms with Gasteiger partial charge in [-0.25, -0.2) is 9.59 Å². The average Bonchev–Trinajstić information content (AvgIpc) is 3.52. The number of thioether (sulfide) groups is 1. The number of amides is 1. The summed E-state index contributed by atoms with van der Waals surface area (Å²) in [5, 5.41) is 5.50. The van der Waals surface area contributed by atoms with Crippen LogP contribution in [0.5, 0.6) is 5.75 Å². The number of H-pyrrole nitrogens is 1. The number of fused-ring (bicyclic) bond motifs is 1. The summed E-state index contributed by atoms with van der Waals surface area (Å²) in [5.41, 5.74) is 2.58. The molecule has 2 aromatic heterocycles. The first-order valence-corrected chi connectivity index (χ1v) is 14.3. The lowest BCUT2D eigenvalue weighted by atomic mass is 10.0. The summed E-state index contributed by atoms with van der Waals surface area (Å²) in [6.45, 7) is 3.95. The molecule has 1 aliphatic heterocycles. The number of aromatic nitrogens is 2. The van der Waals surface area contributed by atoms with Crippen molar-refractivity contribution in [3.05, 3.63) is 86.6 Å². The van der Waals surface area contributed by atoms with E-state index in [9.17, 15) is 14.4 Å². The van der Waals surface area contributed by atoms with Crippen molar-refractivity contribution < 1.29 is 28.3 Å². The Bertz CT molecular complexity index is 1560. The number of methoxy groups -OCH3 is 2. The van der Waals surface area contributed by atoms with Gasteiger partial charge in [0, 0.05) is 36.6 Å². The molecule has 0 fully saturated rings. The predicted molar refractivity (Wildman–Crippen MR) is 151 cm³/mol. The third-order valence-corrected chi connectivity index (χ3v) is 8.88. The van der Waals surface area contributed by atoms with E-state index in [1.807, 2.05) is 18.2 Å². The Morgan fingerprint density at radius 3 is 2.62 bits per heavy atom. The van der Waals surface area contributed by atoms with Gasteiger partial charge >= 0.3 is 16.6 Å². The highest BCUT2D eigenvalue weighted by atomic mass is 32.2. The number of nitrogens with one attached hydrogen (secondary N) is 2. The maximum absolute atomic E-state index is 13.3. The van der Waals surface area contributed by atoms with Crippen molar-refractivity contribution in [2.75, 3.05) is 26.1 Å². The fourth-order valence-electron chi connectivity index (χ4n) is 4.54. The number of carbonyl (C=O) groups is 2. The lowest BCUT2D eigenvalue weighted by Crippen LogP contribution is -2.37. The predicted octanol–water partition coefficient (Wildman–Crippen LogP) is 3.78. The number of anilines is 1. The Morgan fingerprint density at radius 2 is 1.93 bits per heavy atom. The second-order valence-corrected chi connectivity index (χ2v) is 11.6. The molecule has 1 unspecified atom stereocenters. The minimum absolute atomic E-state index is 0.211. The van der Waals surface area contributed by atoms with Gasteiger partial charge in [0.15, 0.2) is 0 Å². The minimum Gasteiger partial charge on any atom is -0.497 e. The van der Waals surface area contributed by atoms with Gasteiger partial charge in [-0.2, -0.15) is 0 Å². The number of hydrogen-bond acceptors (Lipinski definition) is 9. The Labute approximate surface area is 238 Å². The molecular weight excluding hydrogens is 552 g/mol. The molecule has 2 N–H and O–H groups in total. The monoisotopic (exact) mass is 581 g/mol. The van der Waals surface area contributed by atoms with Gasteiger partial charge in [0.05, 0.1) is 25.0 Å². The number of aromatic amines is 1. The second-order valence-electron chi connectivity index (χ2n) is 9.21. The normalized spacial score (nSPS) is 13.9. The van der Waals surface area contributed by atoms with E-state index in [1.54, 1.807) is 38.3 Å². The number of esters is 1. The zero-order valence-electron chi connectivity index (χ0n) is 22.3. The van der Waals surface area contributed by atoms with Gasteiger partial charge in [-0.1, -0.05) is 30.3 Å². The molecule has 1 aliphatic rings. The van der Waals surface area contributed by atoms with Crippen LogP contribution in [-0.2, 0) is 29.0 Å². The first-order valence-electron chi connectivity index (χ1n) is 12.6. The summed E-state index contributed by atoms with van der Waals surface area (Å²) < 4.78 is 16.8. The van der Waals surface area contributed by atoms with E-state index in [4.69, 9.17) is 14.0 Å². The lowest BCUT2D eigenvalue weighted by Gasteiger charge is -2.27. The Hall–Kier alpha value is -3.87. The van der Waals surface area contributed by atoms with Crippen LogP contribution in [0.25, 0.3) is 5.69 Å². The highest BCUT2D eigenvalue weighted by Gasteiger charge is 2.32. The van der Waals surface area contributed by atoms with Crippen molar-refractivity contribution >= 4 is 40.0 Å². The maximum atomic E-state index is 13.3. The highest BCUT2D eigenvalue weighted by molar-refractivity contribution is 8.00. The van der Waals surface area contributed by atoms with Gasteiger partial charge in [0.2, 0.25) is 11.6 Å². The van der Waals surface area contributed by atoms with Crippen LogP contribution >= 0.6 is 23.1 Å². The van der Waals surface area contributed by atoms with Crippen molar-refractivity contribution in [2.45, 2.75) is 36.7 Å². The number of benzene rings is 2. The lowest BCUT2D eigenvalue weighted by molar-refractivity contribution is -0.704. The Kier molecular flexibility index (Phi) is 8.38. The van der Waals surface area contributed by atoms with Crippen LogP contribution in [-0.4, -0.2) is 48.1 Å². The molecule has 0 radical (unpaired) electrons. The molecule has 0 saturated heterocycles. The number of thiophene rings is 1. The number of hydrogen-bond donors (Lipinski definition) is 2. The van der Waals surface area contributed by atoms with Crippen LogP contribution in [0.2, 0.25) is 0 Å². The highest BCUT2D eigenvalue weighted by Crippen LogP contribution is 2.38. The summed E-state index contributed by atoms with van der Waals surface area (Å²) in [6, 6.07) is 17.3. The van der Waals surface area contributed by atoms with Gasteiger partial charge in [-0.15, -0.1) is 11.3 Å². The molecule has 0 aliphatic carbocycles. The third-order valence-electron chi connectivity index (χ3n) is 6.61. The molecule has 0 spiro atoms. The number of ether oxygens (including phenoxy) is 2. The third kappa shape index (κ3) is 5.83. The fraction of sp³-hybridized carbons (Fsp3) is 0.286. The van der Waals surface area contributed by atoms with E-state index >= 15 is 0 Å². The molecule has 2 aromatic carbocycles. The quantitative estimate of drug-likeness (QED) is 0.174. The van der Waals surface area contributed by atoms with Crippen molar-refractivity contribution in [1.29, 1.82) is 0 Å². The molecule has 1 atom stereocenters. The molecule has 4 aromatic rings. The van der Waals surface area contributed by atoms with Crippen molar-refractivity contribution in [1.82, 2.24) is 10.2 Å². The Morgan fingerprint density at radius 1 is 1.18 bits per heavy atom. The molecular formula is C28H29N4O6S2+. The second kappa shape index (κ2) is 12.1. The minimum atomic E-state index is -0.678. The first kappa shape index (κ1) is 27.7. The molecule has 40 heavy (non-hydrogen) atoms. The topological polar surface area (TPSA) is 118 Å². The molecule has 3 heterocycles. The van der Waals surface area contributed by atoms with E-state index < -0.39 is 16.8 Å². The van der Waals surface area contributed by atoms with E-state index in [-0.39, 0.29) is 10.9 Å². The molecule has 0 bridgehead atoms.